The van der Waals surface area contributed by atoms with Crippen molar-refractivity contribution in [1.82, 2.24) is 4.90 Å². The molecule has 0 bridgehead atoms. The number of carboxylic acids is 1. The number of nitrogens with zero attached hydrogens (tertiary/aromatic N) is 1. The van der Waals surface area contributed by atoms with E-state index in [0.717, 1.165) is 16.7 Å². The Labute approximate surface area is 129 Å². The zero-order valence-corrected chi connectivity index (χ0v) is 12.8. The molecule has 1 aliphatic heterocycles. The lowest BCUT2D eigenvalue weighted by atomic mass is 10.0. The van der Waals surface area contributed by atoms with Crippen molar-refractivity contribution in [2.75, 3.05) is 12.3 Å². The summed E-state index contributed by atoms with van der Waals surface area (Å²) < 4.78 is 0. The third-order valence-electron chi connectivity index (χ3n) is 3.65. The lowest BCUT2D eigenvalue weighted by molar-refractivity contribution is -0.146. The van der Waals surface area contributed by atoms with E-state index in [1.165, 1.54) is 4.90 Å². The first-order chi connectivity index (χ1) is 10.0. The molecule has 112 valence electrons. The summed E-state index contributed by atoms with van der Waals surface area (Å²) in [5.74, 6) is -0.496. The van der Waals surface area contributed by atoms with Crippen LogP contribution in [0.15, 0.2) is 30.3 Å². The maximum Gasteiger partial charge on any atom is 0.330 e. The van der Waals surface area contributed by atoms with Crippen LogP contribution in [0.4, 0.5) is 0 Å². The van der Waals surface area contributed by atoms with Crippen LogP contribution in [0, 0.1) is 6.92 Å². The molecule has 1 unspecified atom stereocenters. The summed E-state index contributed by atoms with van der Waals surface area (Å²) in [5.41, 5.74) is 2.99. The highest BCUT2D eigenvalue weighted by molar-refractivity contribution is 7.80. The monoisotopic (exact) mass is 305 g/mol. The number of carbonyl (C=O) groups is 2. The number of hydrogen-bond acceptors (Lipinski definition) is 3. The van der Waals surface area contributed by atoms with Crippen LogP contribution in [0.2, 0.25) is 0 Å². The van der Waals surface area contributed by atoms with Crippen molar-refractivity contribution in [3.05, 3.63) is 41.5 Å². The Balaban J connectivity index is 2.23. The van der Waals surface area contributed by atoms with E-state index in [1.54, 1.807) is 6.08 Å². The molecule has 0 fully saturated rings. The molecule has 1 aliphatic rings. The molecule has 0 spiro atoms. The molecule has 1 heterocycles. The Bertz CT molecular complexity index is 583. The molecular weight excluding hydrogens is 286 g/mol. The molecule has 1 atom stereocenters. The Morgan fingerprint density at radius 1 is 1.38 bits per heavy atom. The van der Waals surface area contributed by atoms with Gasteiger partial charge in [-0.3, -0.25) is 4.79 Å². The van der Waals surface area contributed by atoms with Gasteiger partial charge in [-0.05, 0) is 41.9 Å². The van der Waals surface area contributed by atoms with Gasteiger partial charge in [0, 0.05) is 13.0 Å². The zero-order chi connectivity index (χ0) is 15.4. The number of benzene rings is 1. The highest BCUT2D eigenvalue weighted by Crippen LogP contribution is 2.28. The van der Waals surface area contributed by atoms with E-state index >= 15 is 0 Å². The number of amides is 1. The first-order valence-electron chi connectivity index (χ1n) is 6.94. The molecule has 1 aromatic carbocycles. The van der Waals surface area contributed by atoms with Gasteiger partial charge in [0.05, 0.1) is 0 Å². The first-order valence-corrected chi connectivity index (χ1v) is 7.57. The number of thiol groups is 1. The summed E-state index contributed by atoms with van der Waals surface area (Å²) in [7, 11) is 0. The Morgan fingerprint density at radius 3 is 2.71 bits per heavy atom. The average Bonchev–Trinajstić information content (AvgIpc) is 2.90. The van der Waals surface area contributed by atoms with Crippen molar-refractivity contribution in [2.45, 2.75) is 25.8 Å². The largest absolute Gasteiger partial charge is 0.479 e. The van der Waals surface area contributed by atoms with Crippen LogP contribution in [0.1, 0.15) is 24.0 Å². The number of carbonyl (C=O) groups excluding carboxylic acids is 1. The van der Waals surface area contributed by atoms with Gasteiger partial charge in [0.25, 0.3) is 0 Å². The van der Waals surface area contributed by atoms with Crippen LogP contribution >= 0.6 is 12.6 Å². The Kier molecular flexibility index (Phi) is 5.07. The van der Waals surface area contributed by atoms with Gasteiger partial charge < -0.3 is 10.0 Å². The fraction of sp³-hybridized carbons (Fsp3) is 0.375. The summed E-state index contributed by atoms with van der Waals surface area (Å²) in [6.45, 7) is 2.34. The molecule has 21 heavy (non-hydrogen) atoms. The van der Waals surface area contributed by atoms with Crippen molar-refractivity contribution in [1.29, 1.82) is 0 Å². The van der Waals surface area contributed by atoms with Crippen LogP contribution in [0.5, 0.6) is 0 Å². The molecule has 5 heteroatoms. The number of aryl methyl sites for hydroxylation is 1. The maximum atomic E-state index is 12.2. The zero-order valence-electron chi connectivity index (χ0n) is 12.0. The molecule has 4 nitrogen and oxygen atoms in total. The fourth-order valence-corrected chi connectivity index (χ4v) is 2.70. The topological polar surface area (TPSA) is 57.6 Å². The molecule has 1 N–H and O–H groups in total. The third-order valence-corrected chi connectivity index (χ3v) is 3.96. The van der Waals surface area contributed by atoms with E-state index in [0.29, 0.717) is 25.1 Å². The fourth-order valence-electron chi connectivity index (χ4n) is 2.55. The lowest BCUT2D eigenvalue weighted by Crippen LogP contribution is -2.40. The number of hydrogen-bond donors (Lipinski definition) is 2. The Morgan fingerprint density at radius 2 is 2.10 bits per heavy atom. The second kappa shape index (κ2) is 6.80. The van der Waals surface area contributed by atoms with E-state index in [4.69, 9.17) is 0 Å². The highest BCUT2D eigenvalue weighted by atomic mass is 32.1. The minimum absolute atomic E-state index is 0.128. The van der Waals surface area contributed by atoms with Gasteiger partial charge in [-0.2, -0.15) is 12.6 Å². The molecule has 0 saturated carbocycles. The summed E-state index contributed by atoms with van der Waals surface area (Å²) >= 11 is 4.09. The summed E-state index contributed by atoms with van der Waals surface area (Å²) in [5, 5.41) is 9.34. The van der Waals surface area contributed by atoms with Crippen molar-refractivity contribution in [2.24, 2.45) is 0 Å². The standard InChI is InChI=1S/C16H19NO3S/c1-11-5-2-3-6-13(11)12-9-14(16(19)20)17(10-12)15(18)7-4-8-21/h2-3,5-6,9,14,21H,4,7-8,10H2,1H3,(H,19,20). The molecule has 0 aromatic heterocycles. The molecule has 0 radical (unpaired) electrons. The van der Waals surface area contributed by atoms with Crippen LogP contribution in [-0.2, 0) is 9.59 Å². The molecule has 0 saturated heterocycles. The van der Waals surface area contributed by atoms with Crippen LogP contribution < -0.4 is 0 Å². The van der Waals surface area contributed by atoms with E-state index in [-0.39, 0.29) is 5.91 Å². The van der Waals surface area contributed by atoms with E-state index in [9.17, 15) is 14.7 Å². The summed E-state index contributed by atoms with van der Waals surface area (Å²) in [4.78, 5) is 25.0. The molecule has 1 amide bonds. The highest BCUT2D eigenvalue weighted by Gasteiger charge is 2.34. The van der Waals surface area contributed by atoms with Crippen LogP contribution in [0.25, 0.3) is 5.57 Å². The number of rotatable bonds is 5. The minimum Gasteiger partial charge on any atom is -0.479 e. The van der Waals surface area contributed by atoms with Crippen LogP contribution in [-0.4, -0.2) is 40.2 Å². The summed E-state index contributed by atoms with van der Waals surface area (Å²) in [6, 6.07) is 6.94. The van der Waals surface area contributed by atoms with E-state index in [1.807, 2.05) is 31.2 Å². The smallest absolute Gasteiger partial charge is 0.330 e. The number of carboxylic acid groups (broad SMARTS) is 1. The van der Waals surface area contributed by atoms with Gasteiger partial charge in [-0.25, -0.2) is 4.79 Å². The predicted octanol–water partition coefficient (Wildman–Crippen LogP) is 2.38. The molecule has 1 aromatic rings. The molecule has 0 aliphatic carbocycles. The van der Waals surface area contributed by atoms with E-state index < -0.39 is 12.0 Å². The van der Waals surface area contributed by atoms with Crippen molar-refractivity contribution in [3.8, 4) is 0 Å². The van der Waals surface area contributed by atoms with Crippen molar-refractivity contribution < 1.29 is 14.7 Å². The predicted molar refractivity (Wildman–Crippen MR) is 85.4 cm³/mol. The quantitative estimate of drug-likeness (QED) is 0.821. The maximum absolute atomic E-state index is 12.2. The SMILES string of the molecule is Cc1ccccc1C1=CC(C(=O)O)N(C(=O)CCCS)C1. The molecule has 2 rings (SSSR count). The summed E-state index contributed by atoms with van der Waals surface area (Å²) in [6.07, 6.45) is 2.68. The second-order valence-electron chi connectivity index (χ2n) is 5.14. The van der Waals surface area contributed by atoms with Gasteiger partial charge in [-0.15, -0.1) is 0 Å². The van der Waals surface area contributed by atoms with Gasteiger partial charge in [-0.1, -0.05) is 24.3 Å². The van der Waals surface area contributed by atoms with Crippen molar-refractivity contribution >= 4 is 30.1 Å². The second-order valence-corrected chi connectivity index (χ2v) is 5.59. The Hall–Kier alpha value is -1.75. The lowest BCUT2D eigenvalue weighted by Gasteiger charge is -2.21. The minimum atomic E-state index is -0.988. The third kappa shape index (κ3) is 3.47. The average molecular weight is 305 g/mol. The number of aliphatic carboxylic acids is 1. The normalized spacial score (nSPS) is 17.7. The first kappa shape index (κ1) is 15.6. The van der Waals surface area contributed by atoms with Gasteiger partial charge in [0.1, 0.15) is 6.04 Å². The van der Waals surface area contributed by atoms with E-state index in [2.05, 4.69) is 12.6 Å². The van der Waals surface area contributed by atoms with Crippen molar-refractivity contribution in [3.63, 3.8) is 0 Å². The van der Waals surface area contributed by atoms with Gasteiger partial charge in [0.15, 0.2) is 0 Å². The molecular formula is C16H19NO3S. The van der Waals surface area contributed by atoms with Gasteiger partial charge >= 0.3 is 5.97 Å². The van der Waals surface area contributed by atoms with Gasteiger partial charge in [0.2, 0.25) is 5.91 Å². The van der Waals surface area contributed by atoms with Crippen LogP contribution in [0.3, 0.4) is 0 Å².